The molecule has 2 aromatic rings. The highest BCUT2D eigenvalue weighted by molar-refractivity contribution is 5.93. The highest BCUT2D eigenvalue weighted by Gasteiger charge is 2.13. The highest BCUT2D eigenvalue weighted by Crippen LogP contribution is 2.16. The van der Waals surface area contributed by atoms with Crippen molar-refractivity contribution in [1.82, 2.24) is 5.32 Å². The average molecular weight is 314 g/mol. The smallest absolute Gasteiger partial charge is 0.228 e. The molecule has 0 aromatic heterocycles. The van der Waals surface area contributed by atoms with Gasteiger partial charge >= 0.3 is 0 Å². The Kier molecular flexibility index (Phi) is 6.29. The molecule has 0 spiro atoms. The maximum absolute atomic E-state index is 13.5. The first-order valence-corrected chi connectivity index (χ1v) is 7.93. The van der Waals surface area contributed by atoms with E-state index >= 15 is 0 Å². The number of hydrogen-bond acceptors (Lipinski definition) is 2. The minimum atomic E-state index is -0.221. The molecule has 2 rings (SSSR count). The summed E-state index contributed by atoms with van der Waals surface area (Å²) in [6.45, 7) is 5.56. The number of anilines is 1. The Hall–Kier alpha value is -2.20. The van der Waals surface area contributed by atoms with E-state index in [2.05, 4.69) is 5.32 Å². The summed E-state index contributed by atoms with van der Waals surface area (Å²) < 4.78 is 13.5. The van der Waals surface area contributed by atoms with Gasteiger partial charge in [0.1, 0.15) is 5.82 Å². The Balaban J connectivity index is 1.85. The van der Waals surface area contributed by atoms with Crippen molar-refractivity contribution >= 4 is 11.6 Å². The second kappa shape index (κ2) is 8.44. The molecule has 23 heavy (non-hydrogen) atoms. The zero-order valence-corrected chi connectivity index (χ0v) is 13.7. The molecule has 0 aliphatic rings. The summed E-state index contributed by atoms with van der Waals surface area (Å²) in [4.78, 5) is 14.2. The van der Waals surface area contributed by atoms with E-state index in [0.29, 0.717) is 31.6 Å². The summed E-state index contributed by atoms with van der Waals surface area (Å²) in [6.07, 6.45) is 0.385. The van der Waals surface area contributed by atoms with Crippen LogP contribution < -0.4 is 10.2 Å². The van der Waals surface area contributed by atoms with Crippen LogP contribution in [0.4, 0.5) is 10.1 Å². The fourth-order valence-corrected chi connectivity index (χ4v) is 2.49. The van der Waals surface area contributed by atoms with Crippen molar-refractivity contribution in [3.05, 3.63) is 65.5 Å². The van der Waals surface area contributed by atoms with Gasteiger partial charge in [-0.15, -0.1) is 0 Å². The van der Waals surface area contributed by atoms with Gasteiger partial charge in [-0.05, 0) is 37.6 Å². The predicted octanol–water partition coefficient (Wildman–Crippen LogP) is 3.67. The molecule has 0 unspecified atom stereocenters. The van der Waals surface area contributed by atoms with Gasteiger partial charge in [0.25, 0.3) is 0 Å². The first-order chi connectivity index (χ1) is 11.1. The Morgan fingerprint density at radius 1 is 1.17 bits per heavy atom. The third-order valence-electron chi connectivity index (χ3n) is 3.72. The predicted molar refractivity (Wildman–Crippen MR) is 91.9 cm³/mol. The zero-order chi connectivity index (χ0) is 16.7. The van der Waals surface area contributed by atoms with Crippen molar-refractivity contribution in [3.63, 3.8) is 0 Å². The van der Waals surface area contributed by atoms with Crippen LogP contribution in [0, 0.1) is 12.7 Å². The molecule has 0 atom stereocenters. The zero-order valence-electron chi connectivity index (χ0n) is 13.7. The number of carbonyl (C=O) groups excluding carboxylic acids is 1. The first-order valence-electron chi connectivity index (χ1n) is 7.93. The molecule has 0 aliphatic carbocycles. The third-order valence-corrected chi connectivity index (χ3v) is 3.72. The van der Waals surface area contributed by atoms with Gasteiger partial charge in [0.05, 0.1) is 0 Å². The molecule has 0 aliphatic heterocycles. The third kappa shape index (κ3) is 4.89. The molecule has 0 saturated carbocycles. The summed E-state index contributed by atoms with van der Waals surface area (Å²) in [5.41, 5.74) is 2.67. The van der Waals surface area contributed by atoms with Crippen LogP contribution in [0.1, 0.15) is 24.5 Å². The SMILES string of the molecule is CCN(C(=O)CCNCc1ccccc1F)c1cccc(C)c1. The minimum absolute atomic E-state index is 0.0686. The monoisotopic (exact) mass is 314 g/mol. The fraction of sp³-hybridized carbons (Fsp3) is 0.316. The summed E-state index contributed by atoms with van der Waals surface area (Å²) in [7, 11) is 0. The summed E-state index contributed by atoms with van der Waals surface area (Å²) >= 11 is 0. The standard InChI is InChI=1S/C19H23FN2O/c1-3-22(17-9-6-7-15(2)13-17)19(23)11-12-21-14-16-8-4-5-10-18(16)20/h4-10,13,21H,3,11-12,14H2,1-2H3. The van der Waals surface area contributed by atoms with E-state index in [-0.39, 0.29) is 11.7 Å². The minimum Gasteiger partial charge on any atom is -0.313 e. The topological polar surface area (TPSA) is 32.3 Å². The van der Waals surface area contributed by atoms with Crippen molar-refractivity contribution < 1.29 is 9.18 Å². The quantitative estimate of drug-likeness (QED) is 0.791. The number of halogens is 1. The van der Waals surface area contributed by atoms with Crippen LogP contribution >= 0.6 is 0 Å². The van der Waals surface area contributed by atoms with Crippen molar-refractivity contribution in [1.29, 1.82) is 0 Å². The van der Waals surface area contributed by atoms with Crippen LogP contribution in [0.3, 0.4) is 0 Å². The maximum atomic E-state index is 13.5. The average Bonchev–Trinajstić information content (AvgIpc) is 2.54. The van der Waals surface area contributed by atoms with Gasteiger partial charge < -0.3 is 10.2 Å². The van der Waals surface area contributed by atoms with E-state index in [4.69, 9.17) is 0 Å². The number of amides is 1. The van der Waals surface area contributed by atoms with E-state index in [9.17, 15) is 9.18 Å². The molecular formula is C19H23FN2O. The maximum Gasteiger partial charge on any atom is 0.228 e. The normalized spacial score (nSPS) is 10.6. The van der Waals surface area contributed by atoms with Gasteiger partial charge in [-0.2, -0.15) is 0 Å². The van der Waals surface area contributed by atoms with Crippen LogP contribution in [0.15, 0.2) is 48.5 Å². The molecule has 0 fully saturated rings. The van der Waals surface area contributed by atoms with Crippen molar-refractivity contribution in [2.45, 2.75) is 26.8 Å². The van der Waals surface area contributed by atoms with Gasteiger partial charge in [-0.25, -0.2) is 4.39 Å². The van der Waals surface area contributed by atoms with Gasteiger partial charge in [0.15, 0.2) is 0 Å². The lowest BCUT2D eigenvalue weighted by molar-refractivity contribution is -0.118. The molecule has 3 nitrogen and oxygen atoms in total. The van der Waals surface area contributed by atoms with Crippen LogP contribution in [0.5, 0.6) is 0 Å². The van der Waals surface area contributed by atoms with Crippen LogP contribution in [-0.2, 0) is 11.3 Å². The summed E-state index contributed by atoms with van der Waals surface area (Å²) in [6, 6.07) is 14.6. The molecule has 4 heteroatoms. The Morgan fingerprint density at radius 3 is 2.65 bits per heavy atom. The van der Waals surface area contributed by atoms with Crippen molar-refractivity contribution in [3.8, 4) is 0 Å². The van der Waals surface area contributed by atoms with Crippen molar-refractivity contribution in [2.24, 2.45) is 0 Å². The van der Waals surface area contributed by atoms with Crippen molar-refractivity contribution in [2.75, 3.05) is 18.0 Å². The molecular weight excluding hydrogens is 291 g/mol. The Morgan fingerprint density at radius 2 is 1.96 bits per heavy atom. The molecule has 122 valence electrons. The number of hydrogen-bond donors (Lipinski definition) is 1. The lowest BCUT2D eigenvalue weighted by Gasteiger charge is -2.21. The highest BCUT2D eigenvalue weighted by atomic mass is 19.1. The van der Waals surface area contributed by atoms with E-state index in [1.54, 1.807) is 17.0 Å². The largest absolute Gasteiger partial charge is 0.313 e. The summed E-state index contributed by atoms with van der Waals surface area (Å²) in [5, 5.41) is 3.13. The van der Waals surface area contributed by atoms with Crippen LogP contribution in [0.2, 0.25) is 0 Å². The number of nitrogens with one attached hydrogen (secondary N) is 1. The number of rotatable bonds is 7. The van der Waals surface area contributed by atoms with Crippen LogP contribution in [0.25, 0.3) is 0 Å². The number of carbonyl (C=O) groups is 1. The van der Waals surface area contributed by atoms with Gasteiger partial charge in [0, 0.05) is 37.3 Å². The Bertz CT molecular complexity index is 657. The molecule has 1 amide bonds. The molecule has 0 saturated heterocycles. The fourth-order valence-electron chi connectivity index (χ4n) is 2.49. The van der Waals surface area contributed by atoms with E-state index < -0.39 is 0 Å². The van der Waals surface area contributed by atoms with Crippen LogP contribution in [-0.4, -0.2) is 19.0 Å². The lowest BCUT2D eigenvalue weighted by Crippen LogP contribution is -2.33. The second-order valence-corrected chi connectivity index (χ2v) is 5.50. The van der Waals surface area contributed by atoms with Gasteiger partial charge in [-0.3, -0.25) is 4.79 Å². The molecule has 0 heterocycles. The van der Waals surface area contributed by atoms with E-state index in [0.717, 1.165) is 11.3 Å². The van der Waals surface area contributed by atoms with E-state index in [1.165, 1.54) is 6.07 Å². The molecule has 0 bridgehead atoms. The number of benzene rings is 2. The first kappa shape index (κ1) is 17.2. The summed E-state index contributed by atoms with van der Waals surface area (Å²) in [5.74, 6) is -0.152. The van der Waals surface area contributed by atoms with Gasteiger partial charge in [-0.1, -0.05) is 30.3 Å². The molecule has 0 radical (unpaired) electrons. The molecule has 1 N–H and O–H groups in total. The number of aryl methyl sites for hydroxylation is 1. The Labute approximate surface area is 137 Å². The van der Waals surface area contributed by atoms with Gasteiger partial charge in [0.2, 0.25) is 5.91 Å². The second-order valence-electron chi connectivity index (χ2n) is 5.50. The van der Waals surface area contributed by atoms with E-state index in [1.807, 2.05) is 44.2 Å². The molecule has 2 aromatic carbocycles. The number of nitrogens with zero attached hydrogens (tertiary/aromatic N) is 1. The lowest BCUT2D eigenvalue weighted by atomic mass is 10.2.